The zero-order valence-electron chi connectivity index (χ0n) is 9.45. The summed E-state index contributed by atoms with van der Waals surface area (Å²) in [6, 6.07) is 6.70. The van der Waals surface area contributed by atoms with Crippen molar-refractivity contribution >= 4 is 23.2 Å². The number of carbonyl (C=O) groups is 1. The Labute approximate surface area is 112 Å². The van der Waals surface area contributed by atoms with Crippen LogP contribution in [0.3, 0.4) is 0 Å². The van der Waals surface area contributed by atoms with E-state index in [1.54, 1.807) is 0 Å². The Morgan fingerprint density at radius 1 is 1.11 bits per heavy atom. The summed E-state index contributed by atoms with van der Waals surface area (Å²) in [6.45, 7) is 0. The number of benzene rings is 2. The van der Waals surface area contributed by atoms with Crippen molar-refractivity contribution in [3.8, 4) is 5.75 Å². The van der Waals surface area contributed by atoms with Gasteiger partial charge in [-0.2, -0.15) is 0 Å². The molecule has 0 saturated carbocycles. The average molecular weight is 284 g/mol. The van der Waals surface area contributed by atoms with Crippen LogP contribution in [0.15, 0.2) is 36.4 Å². The maximum atomic E-state index is 13.4. The van der Waals surface area contributed by atoms with Crippen molar-refractivity contribution in [3.05, 3.63) is 58.6 Å². The van der Waals surface area contributed by atoms with Crippen molar-refractivity contribution in [2.24, 2.45) is 0 Å². The molecule has 0 saturated heterocycles. The lowest BCUT2D eigenvalue weighted by molar-refractivity contribution is 0.102. The summed E-state index contributed by atoms with van der Waals surface area (Å²) in [4.78, 5) is 11.8. The number of halogens is 3. The highest BCUT2D eigenvalue weighted by Gasteiger charge is 2.14. The summed E-state index contributed by atoms with van der Waals surface area (Å²) in [7, 11) is 0. The minimum absolute atomic E-state index is 0.165. The molecule has 2 rings (SSSR count). The molecule has 0 aliphatic rings. The number of rotatable bonds is 2. The van der Waals surface area contributed by atoms with Crippen LogP contribution in [0.25, 0.3) is 0 Å². The quantitative estimate of drug-likeness (QED) is 0.828. The minimum Gasteiger partial charge on any atom is -0.508 e. The third-order valence-corrected chi connectivity index (χ3v) is 2.61. The van der Waals surface area contributed by atoms with E-state index in [2.05, 4.69) is 5.32 Å². The molecule has 19 heavy (non-hydrogen) atoms. The van der Waals surface area contributed by atoms with Gasteiger partial charge in [-0.05, 0) is 30.3 Å². The van der Waals surface area contributed by atoms with Crippen LogP contribution < -0.4 is 5.32 Å². The molecule has 2 aromatic carbocycles. The first-order chi connectivity index (χ1) is 8.97. The third-order valence-electron chi connectivity index (χ3n) is 2.37. The van der Waals surface area contributed by atoms with Gasteiger partial charge in [0.25, 0.3) is 5.91 Å². The molecule has 0 fully saturated rings. The van der Waals surface area contributed by atoms with Crippen molar-refractivity contribution in [2.45, 2.75) is 0 Å². The summed E-state index contributed by atoms with van der Waals surface area (Å²) < 4.78 is 26.8. The van der Waals surface area contributed by atoms with Crippen LogP contribution in [0, 0.1) is 11.6 Å². The molecule has 0 unspecified atom stereocenters. The van der Waals surface area contributed by atoms with Crippen molar-refractivity contribution in [2.75, 3.05) is 5.32 Å². The van der Waals surface area contributed by atoms with E-state index in [1.165, 1.54) is 18.2 Å². The highest BCUT2D eigenvalue weighted by Crippen LogP contribution is 2.21. The number of hydrogen-bond acceptors (Lipinski definition) is 2. The molecule has 0 aliphatic heterocycles. The Hall–Kier alpha value is -2.14. The number of anilines is 1. The zero-order valence-corrected chi connectivity index (χ0v) is 10.2. The fourth-order valence-electron chi connectivity index (χ4n) is 1.47. The van der Waals surface area contributed by atoms with Crippen LogP contribution in [-0.4, -0.2) is 11.0 Å². The average Bonchev–Trinajstić information content (AvgIpc) is 2.35. The number of amides is 1. The molecule has 3 nitrogen and oxygen atoms in total. The number of carbonyl (C=O) groups excluding carboxylic acids is 1. The normalized spacial score (nSPS) is 10.3. The summed E-state index contributed by atoms with van der Waals surface area (Å²) >= 11 is 5.66. The summed E-state index contributed by atoms with van der Waals surface area (Å²) in [6.07, 6.45) is 0. The van der Waals surface area contributed by atoms with E-state index < -0.39 is 17.5 Å². The monoisotopic (exact) mass is 283 g/mol. The molecule has 0 radical (unpaired) electrons. The molecule has 0 heterocycles. The summed E-state index contributed by atoms with van der Waals surface area (Å²) in [5, 5.41) is 11.4. The van der Waals surface area contributed by atoms with E-state index in [-0.39, 0.29) is 22.0 Å². The van der Waals surface area contributed by atoms with E-state index in [9.17, 15) is 13.6 Å². The first-order valence-electron chi connectivity index (χ1n) is 5.22. The Morgan fingerprint density at radius 3 is 2.53 bits per heavy atom. The van der Waals surface area contributed by atoms with Gasteiger partial charge in [-0.15, -0.1) is 0 Å². The lowest BCUT2D eigenvalue weighted by Gasteiger charge is -2.07. The van der Waals surface area contributed by atoms with Crippen LogP contribution >= 0.6 is 11.6 Å². The second kappa shape index (κ2) is 5.24. The summed E-state index contributed by atoms with van der Waals surface area (Å²) in [5.41, 5.74) is -0.456. The van der Waals surface area contributed by atoms with Gasteiger partial charge in [-0.25, -0.2) is 8.78 Å². The molecule has 0 spiro atoms. The third kappa shape index (κ3) is 3.00. The SMILES string of the molecule is O=C(Nc1ccc(O)cc1F)c1cc(Cl)ccc1F. The standard InChI is InChI=1S/C13H8ClF2NO2/c14-7-1-3-10(15)9(5-7)13(19)17-12-4-2-8(18)6-11(12)16/h1-6,18H,(H,17,19). The van der Waals surface area contributed by atoms with Crippen LogP contribution in [0.2, 0.25) is 5.02 Å². The molecule has 1 amide bonds. The summed E-state index contributed by atoms with van der Waals surface area (Å²) in [5.74, 6) is -2.69. The Morgan fingerprint density at radius 2 is 1.84 bits per heavy atom. The topological polar surface area (TPSA) is 49.3 Å². The van der Waals surface area contributed by atoms with Gasteiger partial charge in [0.05, 0.1) is 11.3 Å². The number of hydrogen-bond donors (Lipinski definition) is 2. The van der Waals surface area contributed by atoms with Gasteiger partial charge in [0.15, 0.2) is 0 Å². The van der Waals surface area contributed by atoms with Gasteiger partial charge in [-0.1, -0.05) is 11.6 Å². The Balaban J connectivity index is 2.28. The molecule has 2 N–H and O–H groups in total. The van der Waals surface area contributed by atoms with Crippen LogP contribution in [0.1, 0.15) is 10.4 Å². The molecule has 2 aromatic rings. The van der Waals surface area contributed by atoms with Crippen molar-refractivity contribution in [1.29, 1.82) is 0 Å². The van der Waals surface area contributed by atoms with Crippen LogP contribution in [-0.2, 0) is 0 Å². The number of nitrogens with one attached hydrogen (secondary N) is 1. The second-order valence-corrected chi connectivity index (χ2v) is 4.18. The molecular weight excluding hydrogens is 276 g/mol. The zero-order chi connectivity index (χ0) is 14.0. The molecule has 0 bridgehead atoms. The highest BCUT2D eigenvalue weighted by atomic mass is 35.5. The van der Waals surface area contributed by atoms with Gasteiger partial charge in [0.1, 0.15) is 17.4 Å². The molecule has 0 aliphatic carbocycles. The fraction of sp³-hybridized carbons (Fsp3) is 0. The van der Waals surface area contributed by atoms with Crippen LogP contribution in [0.4, 0.5) is 14.5 Å². The van der Waals surface area contributed by atoms with Gasteiger partial charge in [0.2, 0.25) is 0 Å². The predicted octanol–water partition coefficient (Wildman–Crippen LogP) is 3.58. The van der Waals surface area contributed by atoms with Gasteiger partial charge in [-0.3, -0.25) is 4.79 Å². The van der Waals surface area contributed by atoms with Crippen molar-refractivity contribution < 1.29 is 18.7 Å². The second-order valence-electron chi connectivity index (χ2n) is 3.74. The molecule has 0 atom stereocenters. The lowest BCUT2D eigenvalue weighted by atomic mass is 10.2. The number of phenolic OH excluding ortho intramolecular Hbond substituents is 1. The maximum absolute atomic E-state index is 13.4. The fourth-order valence-corrected chi connectivity index (χ4v) is 1.64. The smallest absolute Gasteiger partial charge is 0.258 e. The number of aromatic hydroxyl groups is 1. The van der Waals surface area contributed by atoms with Crippen molar-refractivity contribution in [3.63, 3.8) is 0 Å². The molecular formula is C13H8ClF2NO2. The minimum atomic E-state index is -0.829. The van der Waals surface area contributed by atoms with E-state index in [0.717, 1.165) is 18.2 Å². The van der Waals surface area contributed by atoms with E-state index >= 15 is 0 Å². The van der Waals surface area contributed by atoms with Gasteiger partial charge < -0.3 is 10.4 Å². The maximum Gasteiger partial charge on any atom is 0.258 e. The Kier molecular flexibility index (Phi) is 3.66. The largest absolute Gasteiger partial charge is 0.508 e. The first-order valence-corrected chi connectivity index (χ1v) is 5.60. The predicted molar refractivity (Wildman–Crippen MR) is 67.4 cm³/mol. The first kappa shape index (κ1) is 13.3. The van der Waals surface area contributed by atoms with Gasteiger partial charge in [0, 0.05) is 11.1 Å². The molecule has 98 valence electrons. The molecule has 0 aromatic heterocycles. The van der Waals surface area contributed by atoms with Crippen LogP contribution in [0.5, 0.6) is 5.75 Å². The Bertz CT molecular complexity index is 647. The van der Waals surface area contributed by atoms with E-state index in [1.807, 2.05) is 0 Å². The molecule has 6 heteroatoms. The lowest BCUT2D eigenvalue weighted by Crippen LogP contribution is -2.14. The highest BCUT2D eigenvalue weighted by molar-refractivity contribution is 6.31. The number of phenols is 1. The van der Waals surface area contributed by atoms with Gasteiger partial charge >= 0.3 is 0 Å². The van der Waals surface area contributed by atoms with Crippen molar-refractivity contribution in [1.82, 2.24) is 0 Å². The van der Waals surface area contributed by atoms with E-state index in [4.69, 9.17) is 16.7 Å². The van der Waals surface area contributed by atoms with E-state index in [0.29, 0.717) is 0 Å².